The highest BCUT2D eigenvalue weighted by molar-refractivity contribution is 5.12. The van der Waals surface area contributed by atoms with E-state index < -0.39 is 0 Å². The number of rotatable bonds is 4. The van der Waals surface area contributed by atoms with Crippen LogP contribution in [0.5, 0.6) is 0 Å². The fourth-order valence-corrected chi connectivity index (χ4v) is 2.85. The summed E-state index contributed by atoms with van der Waals surface area (Å²) in [6.45, 7) is 12.4. The Morgan fingerprint density at radius 1 is 1.21 bits per heavy atom. The first kappa shape index (κ1) is 14.5. The second-order valence-electron chi connectivity index (χ2n) is 6.36. The lowest BCUT2D eigenvalue weighted by Gasteiger charge is -2.52. The highest BCUT2D eigenvalue weighted by Gasteiger charge is 2.40. The summed E-state index contributed by atoms with van der Waals surface area (Å²) >= 11 is 0. The summed E-state index contributed by atoms with van der Waals surface area (Å²) in [5.41, 5.74) is 1.84. The molecule has 3 heteroatoms. The molecule has 2 heterocycles. The number of pyridine rings is 1. The molecule has 0 atom stereocenters. The maximum Gasteiger partial charge on any atom is 0.0304 e. The first-order valence-corrected chi connectivity index (χ1v) is 7.40. The van der Waals surface area contributed by atoms with Gasteiger partial charge in [0.2, 0.25) is 0 Å². The average molecular weight is 261 g/mol. The van der Waals surface area contributed by atoms with Crippen molar-refractivity contribution in [3.8, 4) is 0 Å². The van der Waals surface area contributed by atoms with Gasteiger partial charge in [0.05, 0.1) is 0 Å². The van der Waals surface area contributed by atoms with Gasteiger partial charge in [-0.05, 0) is 44.4 Å². The van der Waals surface area contributed by atoms with Gasteiger partial charge in [-0.2, -0.15) is 0 Å². The minimum atomic E-state index is 0.205. The molecule has 0 unspecified atom stereocenters. The third-order valence-corrected chi connectivity index (χ3v) is 4.72. The second-order valence-corrected chi connectivity index (χ2v) is 6.36. The summed E-state index contributed by atoms with van der Waals surface area (Å²) in [6.07, 6.45) is 6.15. The smallest absolute Gasteiger partial charge is 0.0304 e. The molecule has 1 aromatic rings. The van der Waals surface area contributed by atoms with Gasteiger partial charge in [0, 0.05) is 43.1 Å². The van der Waals surface area contributed by atoms with Crippen molar-refractivity contribution >= 4 is 0 Å². The fraction of sp³-hybridized carbons (Fsp3) is 0.688. The van der Waals surface area contributed by atoms with Crippen molar-refractivity contribution in [3.05, 3.63) is 30.1 Å². The predicted octanol–water partition coefficient (Wildman–Crippen LogP) is 2.82. The van der Waals surface area contributed by atoms with Gasteiger partial charge >= 0.3 is 0 Å². The van der Waals surface area contributed by atoms with E-state index in [1.807, 2.05) is 12.4 Å². The summed E-state index contributed by atoms with van der Waals surface area (Å²) in [4.78, 5) is 6.72. The van der Waals surface area contributed by atoms with Crippen LogP contribution in [-0.2, 0) is 6.54 Å². The molecule has 0 radical (unpaired) electrons. The van der Waals surface area contributed by atoms with Crippen LogP contribution in [0.3, 0.4) is 0 Å². The molecular formula is C16H27N3. The lowest BCUT2D eigenvalue weighted by Crippen LogP contribution is -2.67. The summed E-state index contributed by atoms with van der Waals surface area (Å²) in [6, 6.07) is 4.25. The van der Waals surface area contributed by atoms with Crippen molar-refractivity contribution in [2.24, 2.45) is 0 Å². The molecule has 1 N–H and O–H groups in total. The van der Waals surface area contributed by atoms with Crippen LogP contribution in [0.1, 0.15) is 46.1 Å². The van der Waals surface area contributed by atoms with Crippen LogP contribution in [0.15, 0.2) is 24.5 Å². The van der Waals surface area contributed by atoms with Gasteiger partial charge in [-0.3, -0.25) is 9.88 Å². The van der Waals surface area contributed by atoms with E-state index in [-0.39, 0.29) is 11.1 Å². The molecule has 19 heavy (non-hydrogen) atoms. The van der Waals surface area contributed by atoms with Gasteiger partial charge in [-0.1, -0.05) is 13.8 Å². The molecule has 1 saturated heterocycles. The lowest BCUT2D eigenvalue weighted by molar-refractivity contribution is 0.0161. The lowest BCUT2D eigenvalue weighted by atomic mass is 9.84. The minimum absolute atomic E-state index is 0.205. The zero-order valence-electron chi connectivity index (χ0n) is 12.7. The normalized spacial score (nSPS) is 22.3. The number of nitrogens with zero attached hydrogens (tertiary/aromatic N) is 2. The molecule has 0 saturated carbocycles. The van der Waals surface area contributed by atoms with Crippen LogP contribution in [0.25, 0.3) is 0 Å². The van der Waals surface area contributed by atoms with E-state index in [0.717, 1.165) is 19.6 Å². The van der Waals surface area contributed by atoms with Crippen molar-refractivity contribution in [2.75, 3.05) is 13.1 Å². The third-order valence-electron chi connectivity index (χ3n) is 4.72. The number of hydrogen-bond acceptors (Lipinski definition) is 3. The summed E-state index contributed by atoms with van der Waals surface area (Å²) in [5, 5.41) is 3.78. The molecule has 0 aliphatic carbocycles. The van der Waals surface area contributed by atoms with Crippen molar-refractivity contribution in [2.45, 2.75) is 58.2 Å². The number of piperazine rings is 1. The Morgan fingerprint density at radius 3 is 2.42 bits per heavy atom. The number of hydrogen-bond donors (Lipinski definition) is 1. The number of aromatic nitrogens is 1. The Balaban J connectivity index is 2.15. The van der Waals surface area contributed by atoms with Crippen molar-refractivity contribution < 1.29 is 0 Å². The van der Waals surface area contributed by atoms with Crippen LogP contribution < -0.4 is 5.32 Å². The molecule has 3 nitrogen and oxygen atoms in total. The molecule has 0 amide bonds. The Bertz CT molecular complexity index is 396. The Hall–Kier alpha value is -0.930. The van der Waals surface area contributed by atoms with E-state index in [2.05, 4.69) is 55.0 Å². The van der Waals surface area contributed by atoms with Crippen LogP contribution in [-0.4, -0.2) is 34.1 Å². The number of nitrogens with one attached hydrogen (secondary N) is 1. The average Bonchev–Trinajstić information content (AvgIpc) is 2.43. The van der Waals surface area contributed by atoms with E-state index in [9.17, 15) is 0 Å². The molecule has 1 fully saturated rings. The Kier molecular flexibility index (Phi) is 4.26. The zero-order chi connectivity index (χ0) is 13.9. The molecule has 0 bridgehead atoms. The quantitative estimate of drug-likeness (QED) is 0.903. The molecule has 0 aromatic carbocycles. The molecule has 1 aliphatic heterocycles. The van der Waals surface area contributed by atoms with Crippen LogP contribution >= 0.6 is 0 Å². The summed E-state index contributed by atoms with van der Waals surface area (Å²) in [7, 11) is 0. The van der Waals surface area contributed by atoms with Crippen molar-refractivity contribution in [3.63, 3.8) is 0 Å². The van der Waals surface area contributed by atoms with Gasteiger partial charge in [0.25, 0.3) is 0 Å². The predicted molar refractivity (Wildman–Crippen MR) is 80.0 cm³/mol. The van der Waals surface area contributed by atoms with E-state index in [4.69, 9.17) is 0 Å². The Morgan fingerprint density at radius 2 is 1.84 bits per heavy atom. The van der Waals surface area contributed by atoms with Crippen LogP contribution in [0.4, 0.5) is 0 Å². The highest BCUT2D eigenvalue weighted by Crippen LogP contribution is 2.29. The first-order valence-electron chi connectivity index (χ1n) is 7.40. The molecular weight excluding hydrogens is 234 g/mol. The van der Waals surface area contributed by atoms with Gasteiger partial charge in [0.1, 0.15) is 0 Å². The van der Waals surface area contributed by atoms with Crippen LogP contribution in [0, 0.1) is 0 Å². The van der Waals surface area contributed by atoms with Gasteiger partial charge < -0.3 is 5.32 Å². The Labute approximate surface area is 117 Å². The maximum atomic E-state index is 4.10. The SMILES string of the molecule is CCC1(CC)CN(Cc2ccncc2)C(C)(C)CN1. The van der Waals surface area contributed by atoms with E-state index in [0.29, 0.717) is 0 Å². The molecule has 1 aliphatic rings. The molecule has 1 aromatic heterocycles. The third kappa shape index (κ3) is 3.15. The molecule has 106 valence electrons. The standard InChI is InChI=1S/C16H27N3/c1-5-16(6-2)13-19(15(3,4)12-18-16)11-14-7-9-17-10-8-14/h7-10,18H,5-6,11-13H2,1-4H3. The summed E-state index contributed by atoms with van der Waals surface area (Å²) < 4.78 is 0. The van der Waals surface area contributed by atoms with Crippen molar-refractivity contribution in [1.29, 1.82) is 0 Å². The minimum Gasteiger partial charge on any atom is -0.308 e. The van der Waals surface area contributed by atoms with E-state index in [1.165, 1.54) is 18.4 Å². The fourth-order valence-electron chi connectivity index (χ4n) is 2.85. The second kappa shape index (κ2) is 5.59. The topological polar surface area (TPSA) is 28.2 Å². The van der Waals surface area contributed by atoms with Gasteiger partial charge in [0.15, 0.2) is 0 Å². The van der Waals surface area contributed by atoms with E-state index >= 15 is 0 Å². The monoisotopic (exact) mass is 261 g/mol. The molecule has 2 rings (SSSR count). The maximum absolute atomic E-state index is 4.10. The zero-order valence-corrected chi connectivity index (χ0v) is 12.7. The van der Waals surface area contributed by atoms with Crippen LogP contribution in [0.2, 0.25) is 0 Å². The molecule has 0 spiro atoms. The van der Waals surface area contributed by atoms with E-state index in [1.54, 1.807) is 0 Å². The van der Waals surface area contributed by atoms with Gasteiger partial charge in [-0.15, -0.1) is 0 Å². The van der Waals surface area contributed by atoms with Crippen molar-refractivity contribution in [1.82, 2.24) is 15.2 Å². The highest BCUT2D eigenvalue weighted by atomic mass is 15.3. The first-order chi connectivity index (χ1) is 9.01. The van der Waals surface area contributed by atoms with Gasteiger partial charge in [-0.25, -0.2) is 0 Å². The largest absolute Gasteiger partial charge is 0.308 e. The summed E-state index contributed by atoms with van der Waals surface area (Å²) in [5.74, 6) is 0.